The van der Waals surface area contributed by atoms with Crippen molar-refractivity contribution >= 4 is 84.2 Å². The molecule has 5 heteroatoms. The fourth-order valence-corrected chi connectivity index (χ4v) is 0. The van der Waals surface area contributed by atoms with Gasteiger partial charge in [-0.05, 0) is 0 Å². The van der Waals surface area contributed by atoms with Gasteiger partial charge in [-0.1, -0.05) is 0 Å². The Hall–Kier alpha value is 2.54. The second-order valence-corrected chi connectivity index (χ2v) is 3.03. The monoisotopic (exact) mass is 155 g/mol. The SMILES string of the molecule is C[CH](C)[Mg+].Cl.Cl.[LiH].[LiH]. The van der Waals surface area contributed by atoms with Gasteiger partial charge in [0.05, 0.1) is 0 Å². The van der Waals surface area contributed by atoms with Crippen LogP contribution >= 0.6 is 24.8 Å². The van der Waals surface area contributed by atoms with Crippen molar-refractivity contribution in [2.45, 2.75) is 17.9 Å². The third-order valence-electron chi connectivity index (χ3n) is 0. The molecule has 40 valence electrons. The van der Waals surface area contributed by atoms with E-state index in [1.165, 1.54) is 0 Å². The summed E-state index contributed by atoms with van der Waals surface area (Å²) in [5.74, 6) is 0. The van der Waals surface area contributed by atoms with Gasteiger partial charge in [0.2, 0.25) is 0 Å². The predicted octanol–water partition coefficient (Wildman–Crippen LogP) is 0.530. The van der Waals surface area contributed by atoms with Crippen LogP contribution in [-0.4, -0.2) is 59.4 Å². The predicted molar refractivity (Wildman–Crippen MR) is 49.6 cm³/mol. The van der Waals surface area contributed by atoms with E-state index in [-0.39, 0.29) is 62.5 Å². The molecule has 0 fully saturated rings. The van der Waals surface area contributed by atoms with E-state index in [0.29, 0.717) is 0 Å². The van der Waals surface area contributed by atoms with Crippen LogP contribution in [0.15, 0.2) is 0 Å². The summed E-state index contributed by atoms with van der Waals surface area (Å²) >= 11 is 2.00. The zero-order chi connectivity index (χ0) is 3.58. The van der Waals surface area contributed by atoms with Crippen LogP contribution in [-0.2, 0) is 0 Å². The van der Waals surface area contributed by atoms with Gasteiger partial charge in [-0.2, -0.15) is 0 Å². The molecular formula is C3H11Cl2Li2Mg+. The third kappa shape index (κ3) is 75.2. The van der Waals surface area contributed by atoms with E-state index in [1.54, 1.807) is 0 Å². The fraction of sp³-hybridized carbons (Fsp3) is 1.00. The first-order valence-electron chi connectivity index (χ1n) is 1.56. The van der Waals surface area contributed by atoms with Crippen molar-refractivity contribution in [2.75, 3.05) is 0 Å². The molecule has 0 saturated carbocycles. The molecular weight excluding hydrogens is 145 g/mol. The van der Waals surface area contributed by atoms with Crippen molar-refractivity contribution in [2.24, 2.45) is 0 Å². The topological polar surface area (TPSA) is 0 Å². The van der Waals surface area contributed by atoms with Gasteiger partial charge < -0.3 is 0 Å². The molecule has 0 bridgehead atoms. The molecule has 0 aromatic rings. The molecule has 0 spiro atoms. The molecule has 0 atom stereocenters. The summed E-state index contributed by atoms with van der Waals surface area (Å²) in [5.41, 5.74) is 0. The first-order chi connectivity index (χ1) is 1.73. The van der Waals surface area contributed by atoms with E-state index in [0.717, 1.165) is 4.05 Å². The normalized spacial score (nSPS) is 4.62. The Labute approximate surface area is 101 Å². The fourth-order valence-electron chi connectivity index (χ4n) is 0. The number of hydrogen-bond acceptors (Lipinski definition) is 0. The average molecular weight is 156 g/mol. The molecule has 0 N–H and O–H groups in total. The molecule has 0 aromatic carbocycles. The Morgan fingerprint density at radius 2 is 1.00 bits per heavy atom. The molecule has 0 aliphatic carbocycles. The van der Waals surface area contributed by atoms with Gasteiger partial charge >= 0.3 is 77.3 Å². The van der Waals surface area contributed by atoms with Crippen LogP contribution < -0.4 is 0 Å². The quantitative estimate of drug-likeness (QED) is 0.449. The van der Waals surface area contributed by atoms with Crippen LogP contribution in [0.4, 0.5) is 0 Å². The molecule has 0 amide bonds. The zero-order valence-electron chi connectivity index (χ0n) is 4.10. The van der Waals surface area contributed by atoms with Gasteiger partial charge in [-0.25, -0.2) is 0 Å². The van der Waals surface area contributed by atoms with Crippen molar-refractivity contribution in [3.05, 3.63) is 0 Å². The van der Waals surface area contributed by atoms with Gasteiger partial charge in [0.25, 0.3) is 0 Å². The summed E-state index contributed by atoms with van der Waals surface area (Å²) in [7, 11) is 0. The van der Waals surface area contributed by atoms with E-state index in [1.807, 2.05) is 21.7 Å². The summed E-state index contributed by atoms with van der Waals surface area (Å²) < 4.78 is 0.861. The average Bonchev–Trinajstić information content (AvgIpc) is 0.811. The van der Waals surface area contributed by atoms with Gasteiger partial charge in [-0.3, -0.25) is 0 Å². The zero-order valence-corrected chi connectivity index (χ0v) is 7.15. The standard InChI is InChI=1S/C3H7.2ClH.2Li.Mg.2H/c1-3-2;;;;;;;/h3H,1-2H3;2*1H;;;;;/q;;;;;+1;;. The Morgan fingerprint density at radius 3 is 1.00 bits per heavy atom. The molecule has 0 saturated heterocycles. The molecule has 0 heterocycles. The van der Waals surface area contributed by atoms with Gasteiger partial charge in [0, 0.05) is 0 Å². The Morgan fingerprint density at radius 1 is 1.00 bits per heavy atom. The maximum absolute atomic E-state index is 2.18. The van der Waals surface area contributed by atoms with Crippen LogP contribution in [0.5, 0.6) is 0 Å². The summed E-state index contributed by atoms with van der Waals surface area (Å²) in [6.45, 7) is 4.36. The van der Waals surface area contributed by atoms with E-state index in [9.17, 15) is 0 Å². The Bertz CT molecular complexity index is 20.0. The molecule has 0 radical (unpaired) electrons. The Balaban J connectivity index is -0.00000000750. The third-order valence-corrected chi connectivity index (χ3v) is 0. The molecule has 0 aliphatic rings. The summed E-state index contributed by atoms with van der Waals surface area (Å²) in [5, 5.41) is 0. The second-order valence-electron chi connectivity index (χ2n) is 1.39. The van der Waals surface area contributed by atoms with Crippen molar-refractivity contribution in [3.8, 4) is 0 Å². The Kier molecular flexibility index (Phi) is 88.6. The minimum atomic E-state index is 0. The van der Waals surface area contributed by atoms with Crippen LogP contribution in [0.2, 0.25) is 4.05 Å². The summed E-state index contributed by atoms with van der Waals surface area (Å²) in [6.07, 6.45) is 0. The van der Waals surface area contributed by atoms with Crippen molar-refractivity contribution in [3.63, 3.8) is 0 Å². The maximum atomic E-state index is 2.18. The first-order valence-corrected chi connectivity index (χ1v) is 2.38. The van der Waals surface area contributed by atoms with Crippen LogP contribution in [0.3, 0.4) is 0 Å². The van der Waals surface area contributed by atoms with Crippen LogP contribution in [0.25, 0.3) is 0 Å². The summed E-state index contributed by atoms with van der Waals surface area (Å²) in [4.78, 5) is 0. The molecule has 0 aliphatic heterocycles. The van der Waals surface area contributed by atoms with E-state index in [2.05, 4.69) is 13.8 Å². The van der Waals surface area contributed by atoms with Gasteiger partial charge in [0.1, 0.15) is 0 Å². The van der Waals surface area contributed by atoms with Gasteiger partial charge in [-0.15, -0.1) is 24.8 Å². The van der Waals surface area contributed by atoms with Crippen LogP contribution in [0.1, 0.15) is 13.8 Å². The first kappa shape index (κ1) is 31.3. The minimum absolute atomic E-state index is 0. The van der Waals surface area contributed by atoms with Crippen molar-refractivity contribution in [1.29, 1.82) is 0 Å². The van der Waals surface area contributed by atoms with Crippen molar-refractivity contribution < 1.29 is 0 Å². The molecule has 8 heavy (non-hydrogen) atoms. The number of hydrogen-bond donors (Lipinski definition) is 0. The second kappa shape index (κ2) is 22.7. The van der Waals surface area contributed by atoms with Gasteiger partial charge in [0.15, 0.2) is 0 Å². The van der Waals surface area contributed by atoms with Crippen LogP contribution in [0, 0.1) is 0 Å². The molecule has 0 rings (SSSR count). The molecule has 0 unspecified atom stereocenters. The molecule has 0 nitrogen and oxygen atoms in total. The van der Waals surface area contributed by atoms with Crippen molar-refractivity contribution in [1.82, 2.24) is 0 Å². The summed E-state index contributed by atoms with van der Waals surface area (Å²) in [6, 6.07) is 0. The van der Waals surface area contributed by atoms with E-state index >= 15 is 0 Å². The van der Waals surface area contributed by atoms with E-state index < -0.39 is 0 Å². The number of halogens is 2. The van der Waals surface area contributed by atoms with E-state index in [4.69, 9.17) is 0 Å². The molecule has 0 aromatic heterocycles. The number of rotatable bonds is 0.